The lowest BCUT2D eigenvalue weighted by Crippen LogP contribution is -1.90. The number of methoxy groups -OCH3 is 1. The minimum Gasteiger partial charge on any atom is -0.385 e. The van der Waals surface area contributed by atoms with Gasteiger partial charge in [0.05, 0.1) is 0 Å². The Labute approximate surface area is 78.7 Å². The first-order chi connectivity index (χ1) is 5.93. The number of hydrogen-bond acceptors (Lipinski definition) is 3. The van der Waals surface area contributed by atoms with E-state index in [0.29, 0.717) is 0 Å². The molecule has 0 aliphatic heterocycles. The van der Waals surface area contributed by atoms with Crippen LogP contribution in [0.2, 0.25) is 0 Å². The molecule has 12 heavy (non-hydrogen) atoms. The fourth-order valence-electron chi connectivity index (χ4n) is 0.771. The van der Waals surface area contributed by atoms with Crippen molar-refractivity contribution < 1.29 is 4.74 Å². The summed E-state index contributed by atoms with van der Waals surface area (Å²) in [5.74, 6) is 0. The van der Waals surface area contributed by atoms with Crippen molar-refractivity contribution in [3.63, 3.8) is 0 Å². The maximum absolute atomic E-state index is 4.92. The van der Waals surface area contributed by atoms with Gasteiger partial charge in [0, 0.05) is 25.3 Å². The van der Waals surface area contributed by atoms with E-state index in [0.717, 1.165) is 19.4 Å². The van der Waals surface area contributed by atoms with Crippen LogP contribution in [-0.4, -0.2) is 18.1 Å². The third-order valence-electron chi connectivity index (χ3n) is 1.30. The van der Waals surface area contributed by atoms with Crippen LogP contribution in [0.3, 0.4) is 0 Å². The summed E-state index contributed by atoms with van der Waals surface area (Å²) in [6, 6.07) is 0. The maximum Gasteiger partial charge on any atom is 0.0465 e. The highest BCUT2D eigenvalue weighted by Gasteiger charge is 1.92. The summed E-state index contributed by atoms with van der Waals surface area (Å²) in [6.45, 7) is 4.84. The Morgan fingerprint density at radius 1 is 1.50 bits per heavy atom. The Hall–Kier alpha value is -0.410. The van der Waals surface area contributed by atoms with E-state index in [2.05, 4.69) is 9.75 Å². The Morgan fingerprint density at radius 3 is 2.75 bits per heavy atom. The Balaban J connectivity index is 0.000000561. The van der Waals surface area contributed by atoms with E-state index in [1.54, 1.807) is 7.11 Å². The molecule has 1 rings (SSSR count). The zero-order valence-corrected chi connectivity index (χ0v) is 8.86. The van der Waals surface area contributed by atoms with Gasteiger partial charge in [0.25, 0.3) is 0 Å². The molecular formula is C9H17NOS. The van der Waals surface area contributed by atoms with E-state index in [4.69, 9.17) is 4.74 Å². The first-order valence-electron chi connectivity index (χ1n) is 4.30. The van der Waals surface area contributed by atoms with E-state index in [1.807, 2.05) is 20.0 Å². The van der Waals surface area contributed by atoms with Crippen molar-refractivity contribution in [1.29, 1.82) is 0 Å². The molecule has 0 aliphatic carbocycles. The molecule has 0 radical (unpaired) electrons. The van der Waals surface area contributed by atoms with Gasteiger partial charge in [-0.3, -0.25) is 0 Å². The second kappa shape index (κ2) is 8.68. The van der Waals surface area contributed by atoms with Gasteiger partial charge in [0.2, 0.25) is 0 Å². The molecule has 1 aromatic rings. The van der Waals surface area contributed by atoms with Crippen molar-refractivity contribution in [2.75, 3.05) is 13.7 Å². The number of rotatable bonds is 4. The fourth-order valence-corrected chi connectivity index (χ4v) is 1.34. The van der Waals surface area contributed by atoms with E-state index in [9.17, 15) is 0 Å². The van der Waals surface area contributed by atoms with Crippen molar-refractivity contribution >= 4 is 11.5 Å². The predicted octanol–water partition coefficient (Wildman–Crippen LogP) is 2.75. The van der Waals surface area contributed by atoms with Crippen molar-refractivity contribution in [2.45, 2.75) is 26.7 Å². The Morgan fingerprint density at radius 2 is 2.25 bits per heavy atom. The van der Waals surface area contributed by atoms with Crippen molar-refractivity contribution in [2.24, 2.45) is 0 Å². The van der Waals surface area contributed by atoms with Gasteiger partial charge in [-0.2, -0.15) is 0 Å². The third kappa shape index (κ3) is 5.27. The molecule has 0 N–H and O–H groups in total. The minimum atomic E-state index is 0.843. The molecule has 0 bridgehead atoms. The van der Waals surface area contributed by atoms with Gasteiger partial charge in [-0.1, -0.05) is 13.8 Å². The molecule has 0 amide bonds. The van der Waals surface area contributed by atoms with Crippen LogP contribution in [0.4, 0.5) is 0 Å². The van der Waals surface area contributed by atoms with Crippen LogP contribution in [0.1, 0.15) is 25.8 Å². The zero-order valence-electron chi connectivity index (χ0n) is 8.04. The van der Waals surface area contributed by atoms with Gasteiger partial charge in [0.1, 0.15) is 0 Å². The largest absolute Gasteiger partial charge is 0.385 e. The third-order valence-corrected chi connectivity index (χ3v) is 1.93. The number of aromatic nitrogens is 1. The van der Waals surface area contributed by atoms with Gasteiger partial charge in [-0.25, -0.2) is 4.37 Å². The van der Waals surface area contributed by atoms with Crippen LogP contribution >= 0.6 is 11.5 Å². The molecule has 0 unspecified atom stereocenters. The van der Waals surface area contributed by atoms with E-state index in [-0.39, 0.29) is 0 Å². The molecule has 1 aromatic heterocycles. The fraction of sp³-hybridized carbons (Fsp3) is 0.667. The molecule has 0 fully saturated rings. The summed E-state index contributed by atoms with van der Waals surface area (Å²) >= 11 is 1.51. The molecule has 0 saturated carbocycles. The van der Waals surface area contributed by atoms with Crippen molar-refractivity contribution in [3.8, 4) is 0 Å². The molecule has 2 nitrogen and oxygen atoms in total. The monoisotopic (exact) mass is 187 g/mol. The second-order valence-corrected chi connectivity index (χ2v) is 2.79. The van der Waals surface area contributed by atoms with Crippen molar-refractivity contribution in [3.05, 3.63) is 17.1 Å². The number of ether oxygens (including phenoxy) is 1. The molecule has 0 atom stereocenters. The van der Waals surface area contributed by atoms with Gasteiger partial charge in [-0.05, 0) is 29.9 Å². The van der Waals surface area contributed by atoms with E-state index >= 15 is 0 Å². The lowest BCUT2D eigenvalue weighted by molar-refractivity contribution is 0.195. The molecular weight excluding hydrogens is 170 g/mol. The Kier molecular flexibility index (Phi) is 8.39. The van der Waals surface area contributed by atoms with Crippen LogP contribution < -0.4 is 0 Å². The standard InChI is InChI=1S/C7H11NOS.C2H6/c1-9-4-2-3-7-5-8-10-6-7;1-2/h5-6H,2-4H2,1H3;1-2H3. The zero-order chi connectivity index (χ0) is 9.23. The van der Waals surface area contributed by atoms with Crippen LogP contribution in [0, 0.1) is 0 Å². The van der Waals surface area contributed by atoms with E-state index in [1.165, 1.54) is 17.1 Å². The molecule has 1 heterocycles. The quantitative estimate of drug-likeness (QED) is 0.676. The molecule has 0 aliphatic rings. The highest BCUT2D eigenvalue weighted by molar-refractivity contribution is 7.03. The van der Waals surface area contributed by atoms with E-state index < -0.39 is 0 Å². The summed E-state index contributed by atoms with van der Waals surface area (Å²) < 4.78 is 8.92. The van der Waals surface area contributed by atoms with Gasteiger partial charge < -0.3 is 4.74 Å². The normalized spacial score (nSPS) is 8.92. The van der Waals surface area contributed by atoms with Crippen LogP contribution in [0.15, 0.2) is 11.6 Å². The summed E-state index contributed by atoms with van der Waals surface area (Å²) in [5, 5.41) is 2.08. The van der Waals surface area contributed by atoms with Gasteiger partial charge in [-0.15, -0.1) is 0 Å². The molecule has 70 valence electrons. The summed E-state index contributed by atoms with van der Waals surface area (Å²) in [4.78, 5) is 0. The number of hydrogen-bond donors (Lipinski definition) is 0. The molecule has 3 heteroatoms. The number of nitrogens with zero attached hydrogens (tertiary/aromatic N) is 1. The predicted molar refractivity (Wildman–Crippen MR) is 53.7 cm³/mol. The maximum atomic E-state index is 4.92. The second-order valence-electron chi connectivity index (χ2n) is 2.13. The highest BCUT2D eigenvalue weighted by Crippen LogP contribution is 2.04. The summed E-state index contributed by atoms with van der Waals surface area (Å²) in [6.07, 6.45) is 4.10. The van der Waals surface area contributed by atoms with Gasteiger partial charge >= 0.3 is 0 Å². The summed E-state index contributed by atoms with van der Waals surface area (Å²) in [7, 11) is 1.73. The van der Waals surface area contributed by atoms with Crippen LogP contribution in [0.25, 0.3) is 0 Å². The summed E-state index contributed by atoms with van der Waals surface area (Å²) in [5.41, 5.74) is 1.32. The average Bonchev–Trinajstić information content (AvgIpc) is 2.61. The molecule has 0 saturated heterocycles. The average molecular weight is 187 g/mol. The molecule has 0 aromatic carbocycles. The first kappa shape index (κ1) is 11.6. The first-order valence-corrected chi connectivity index (χ1v) is 5.14. The minimum absolute atomic E-state index is 0.843. The van der Waals surface area contributed by atoms with Crippen LogP contribution in [-0.2, 0) is 11.2 Å². The topological polar surface area (TPSA) is 22.1 Å². The Bertz CT molecular complexity index is 163. The van der Waals surface area contributed by atoms with Gasteiger partial charge in [0.15, 0.2) is 0 Å². The smallest absolute Gasteiger partial charge is 0.0465 e. The molecule has 0 spiro atoms. The number of aryl methyl sites for hydroxylation is 1. The lowest BCUT2D eigenvalue weighted by atomic mass is 10.2. The lowest BCUT2D eigenvalue weighted by Gasteiger charge is -1.94. The highest BCUT2D eigenvalue weighted by atomic mass is 32.1. The SMILES string of the molecule is CC.COCCCc1cnsc1. The van der Waals surface area contributed by atoms with Crippen molar-refractivity contribution in [1.82, 2.24) is 4.37 Å². The van der Waals surface area contributed by atoms with Crippen LogP contribution in [0.5, 0.6) is 0 Å².